The number of amides is 2. The van der Waals surface area contributed by atoms with E-state index in [1.54, 1.807) is 35.0 Å². The highest BCUT2D eigenvalue weighted by Crippen LogP contribution is 2.22. The van der Waals surface area contributed by atoms with E-state index in [1.165, 1.54) is 12.3 Å². The zero-order valence-electron chi connectivity index (χ0n) is 15.3. The minimum atomic E-state index is -0.304. The maximum Gasteiger partial charge on any atom is 0.251 e. The molecule has 0 fully saturated rings. The summed E-state index contributed by atoms with van der Waals surface area (Å²) in [5, 5.41) is 10.8. The number of hydrogen-bond donors (Lipinski definition) is 2. The van der Waals surface area contributed by atoms with Crippen LogP contribution in [0.15, 0.2) is 53.5 Å². The van der Waals surface area contributed by atoms with E-state index in [0.717, 1.165) is 0 Å². The molecule has 0 unspecified atom stereocenters. The molecule has 3 rings (SSSR count). The van der Waals surface area contributed by atoms with Crippen LogP contribution in [0.5, 0.6) is 0 Å². The van der Waals surface area contributed by atoms with E-state index in [2.05, 4.69) is 15.7 Å². The molecule has 2 amide bonds. The number of hydrogen-bond acceptors (Lipinski definition) is 4. The van der Waals surface area contributed by atoms with Gasteiger partial charge in [0, 0.05) is 30.5 Å². The monoisotopic (exact) mass is 432 g/mol. The smallest absolute Gasteiger partial charge is 0.251 e. The number of nitrogens with one attached hydrogen (secondary N) is 2. The Balaban J connectivity index is 1.45. The highest BCUT2D eigenvalue weighted by atomic mass is 35.5. The van der Waals surface area contributed by atoms with Crippen molar-refractivity contribution in [3.8, 4) is 0 Å². The fourth-order valence-electron chi connectivity index (χ4n) is 2.75. The molecule has 0 atom stereocenters. The number of nitrogens with zero attached hydrogens (tertiary/aromatic N) is 2. The Bertz CT molecular complexity index is 1110. The molecule has 0 radical (unpaired) electrons. The lowest BCUT2D eigenvalue weighted by atomic mass is 10.2. The highest BCUT2D eigenvalue weighted by molar-refractivity contribution is 6.42. The van der Waals surface area contributed by atoms with Gasteiger partial charge in [0.1, 0.15) is 0 Å². The van der Waals surface area contributed by atoms with Gasteiger partial charge >= 0.3 is 0 Å². The summed E-state index contributed by atoms with van der Waals surface area (Å²) in [4.78, 5) is 35.9. The average Bonchev–Trinajstić information content (AvgIpc) is 2.72. The van der Waals surface area contributed by atoms with Crippen molar-refractivity contribution < 1.29 is 9.59 Å². The predicted octanol–water partition coefficient (Wildman–Crippen LogP) is 2.64. The molecule has 29 heavy (non-hydrogen) atoms. The zero-order chi connectivity index (χ0) is 20.8. The highest BCUT2D eigenvalue weighted by Gasteiger charge is 2.09. The maximum absolute atomic E-state index is 12.1. The topological polar surface area (TPSA) is 93.1 Å². The lowest BCUT2D eigenvalue weighted by molar-refractivity contribution is -0.121. The number of carbonyl (C=O) groups is 2. The van der Waals surface area contributed by atoms with E-state index in [9.17, 15) is 14.4 Å². The first-order valence-corrected chi connectivity index (χ1v) is 9.66. The quantitative estimate of drug-likeness (QED) is 0.561. The first kappa shape index (κ1) is 20.8. The van der Waals surface area contributed by atoms with Gasteiger partial charge in [0.05, 0.1) is 28.3 Å². The lowest BCUT2D eigenvalue weighted by Crippen LogP contribution is -2.35. The minimum absolute atomic E-state index is 0.154. The molecule has 0 aliphatic rings. The number of halogens is 2. The van der Waals surface area contributed by atoms with Crippen LogP contribution in [0, 0.1) is 0 Å². The second-order valence-electron chi connectivity index (χ2n) is 6.23. The van der Waals surface area contributed by atoms with Crippen molar-refractivity contribution in [3.05, 3.63) is 74.5 Å². The van der Waals surface area contributed by atoms with Crippen LogP contribution < -0.4 is 16.1 Å². The van der Waals surface area contributed by atoms with Crippen LogP contribution >= 0.6 is 23.2 Å². The Morgan fingerprint density at radius 2 is 1.76 bits per heavy atom. The normalized spacial score (nSPS) is 10.7. The molecule has 0 spiro atoms. The van der Waals surface area contributed by atoms with E-state index < -0.39 is 0 Å². The van der Waals surface area contributed by atoms with Crippen molar-refractivity contribution in [3.63, 3.8) is 0 Å². The molecule has 7 nitrogen and oxygen atoms in total. The van der Waals surface area contributed by atoms with Gasteiger partial charge in [-0.25, -0.2) is 0 Å². The third-order valence-electron chi connectivity index (χ3n) is 4.23. The zero-order valence-corrected chi connectivity index (χ0v) is 16.8. The first-order valence-electron chi connectivity index (χ1n) is 8.90. The summed E-state index contributed by atoms with van der Waals surface area (Å²) in [5.74, 6) is -0.486. The Hall–Kier alpha value is -2.90. The van der Waals surface area contributed by atoms with Crippen LogP contribution in [0.1, 0.15) is 16.8 Å². The molecule has 1 aromatic heterocycles. The van der Waals surface area contributed by atoms with E-state index in [1.807, 2.05) is 6.07 Å². The molecule has 2 aromatic carbocycles. The van der Waals surface area contributed by atoms with E-state index in [4.69, 9.17) is 23.2 Å². The van der Waals surface area contributed by atoms with Gasteiger partial charge in [-0.2, -0.15) is 5.10 Å². The maximum atomic E-state index is 12.1. The SMILES string of the molecule is O=C(CCn1ncc(=O)c2ccccc21)NCCNC(=O)c1ccc(Cl)c(Cl)c1. The van der Waals surface area contributed by atoms with Crippen molar-refractivity contribution in [1.82, 2.24) is 20.4 Å². The van der Waals surface area contributed by atoms with Gasteiger partial charge in [0.25, 0.3) is 5.91 Å². The van der Waals surface area contributed by atoms with Crippen LogP contribution in [0.2, 0.25) is 10.0 Å². The molecular weight excluding hydrogens is 415 g/mol. The van der Waals surface area contributed by atoms with E-state index >= 15 is 0 Å². The van der Waals surface area contributed by atoms with Gasteiger partial charge in [-0.05, 0) is 30.3 Å². The molecule has 0 saturated carbocycles. The molecule has 0 aliphatic heterocycles. The Morgan fingerprint density at radius 1 is 1.00 bits per heavy atom. The van der Waals surface area contributed by atoms with Crippen LogP contribution in [0.3, 0.4) is 0 Å². The summed E-state index contributed by atoms with van der Waals surface area (Å²) < 4.78 is 1.63. The Labute approximate surface area is 176 Å². The molecule has 3 aromatic rings. The summed E-state index contributed by atoms with van der Waals surface area (Å²) >= 11 is 11.7. The molecule has 9 heteroatoms. The van der Waals surface area contributed by atoms with Gasteiger partial charge in [-0.3, -0.25) is 19.1 Å². The fraction of sp³-hybridized carbons (Fsp3) is 0.200. The number of aryl methyl sites for hydroxylation is 1. The molecule has 0 aliphatic carbocycles. The molecule has 0 saturated heterocycles. The number of rotatable bonds is 7. The van der Waals surface area contributed by atoms with Gasteiger partial charge in [0.2, 0.25) is 11.3 Å². The van der Waals surface area contributed by atoms with Gasteiger partial charge < -0.3 is 10.6 Å². The molecular formula is C20H18Cl2N4O3. The first-order chi connectivity index (χ1) is 14.0. The molecule has 2 N–H and O–H groups in total. The van der Waals surface area contributed by atoms with Crippen LogP contribution in [-0.4, -0.2) is 34.7 Å². The van der Waals surface area contributed by atoms with E-state index in [-0.39, 0.29) is 36.8 Å². The number of aromatic nitrogens is 2. The summed E-state index contributed by atoms with van der Waals surface area (Å²) in [5.41, 5.74) is 0.919. The van der Waals surface area contributed by atoms with Crippen LogP contribution in [0.25, 0.3) is 10.9 Å². The van der Waals surface area contributed by atoms with Crippen molar-refractivity contribution in [2.24, 2.45) is 0 Å². The van der Waals surface area contributed by atoms with Gasteiger partial charge in [0.15, 0.2) is 0 Å². The molecule has 0 bridgehead atoms. The summed E-state index contributed by atoms with van der Waals surface area (Å²) in [6, 6.07) is 11.7. The Morgan fingerprint density at radius 3 is 2.55 bits per heavy atom. The minimum Gasteiger partial charge on any atom is -0.354 e. The average molecular weight is 433 g/mol. The number of para-hydroxylation sites is 1. The fourth-order valence-corrected chi connectivity index (χ4v) is 3.05. The van der Waals surface area contributed by atoms with Crippen molar-refractivity contribution in [2.45, 2.75) is 13.0 Å². The van der Waals surface area contributed by atoms with Gasteiger partial charge in [-0.1, -0.05) is 35.3 Å². The third-order valence-corrected chi connectivity index (χ3v) is 4.97. The number of fused-ring (bicyclic) bond motifs is 1. The summed E-state index contributed by atoms with van der Waals surface area (Å²) in [6.07, 6.45) is 1.44. The molecule has 1 heterocycles. The second kappa shape index (κ2) is 9.54. The van der Waals surface area contributed by atoms with Crippen LogP contribution in [-0.2, 0) is 11.3 Å². The molecule has 150 valence electrons. The van der Waals surface area contributed by atoms with Gasteiger partial charge in [-0.15, -0.1) is 0 Å². The van der Waals surface area contributed by atoms with Crippen molar-refractivity contribution in [1.29, 1.82) is 0 Å². The van der Waals surface area contributed by atoms with Crippen molar-refractivity contribution >= 4 is 45.9 Å². The van der Waals surface area contributed by atoms with Crippen molar-refractivity contribution in [2.75, 3.05) is 13.1 Å². The summed E-state index contributed by atoms with van der Waals surface area (Å²) in [7, 11) is 0. The standard InChI is InChI=1S/C20H18Cl2N4O3/c21-15-6-5-13(11-16(15)22)20(29)24-9-8-23-19(28)7-10-26-17-4-2-1-3-14(17)18(27)12-25-26/h1-6,11-12H,7-10H2,(H,23,28)(H,24,29). The predicted molar refractivity (Wildman–Crippen MR) is 112 cm³/mol. The third kappa shape index (κ3) is 5.34. The van der Waals surface area contributed by atoms with E-state index in [0.29, 0.717) is 33.1 Å². The Kier molecular flexibility index (Phi) is 6.85. The van der Waals surface area contributed by atoms with Crippen LogP contribution in [0.4, 0.5) is 0 Å². The second-order valence-corrected chi connectivity index (χ2v) is 7.05. The lowest BCUT2D eigenvalue weighted by Gasteiger charge is -2.10. The number of carbonyl (C=O) groups excluding carboxylic acids is 2. The number of benzene rings is 2. The summed E-state index contributed by atoms with van der Waals surface area (Å²) in [6.45, 7) is 0.885. The largest absolute Gasteiger partial charge is 0.354 e.